The summed E-state index contributed by atoms with van der Waals surface area (Å²) in [7, 11) is 0. The van der Waals surface area contributed by atoms with Gasteiger partial charge in [-0.1, -0.05) is 96.1 Å². The first-order chi connectivity index (χ1) is 22.9. The molecule has 2 atom stereocenters. The second-order valence-electron chi connectivity index (χ2n) is 12.5. The van der Waals surface area contributed by atoms with Crippen LogP contribution in [0.5, 0.6) is 0 Å². The van der Waals surface area contributed by atoms with Crippen LogP contribution in [0.4, 0.5) is 0 Å². The summed E-state index contributed by atoms with van der Waals surface area (Å²) in [6, 6.07) is 25.2. The van der Waals surface area contributed by atoms with Crippen LogP contribution in [0.3, 0.4) is 0 Å². The monoisotopic (exact) mass is 699 g/mol. The molecule has 255 valence electrons. The van der Waals surface area contributed by atoms with Gasteiger partial charge in [-0.3, -0.25) is 19.6 Å². The van der Waals surface area contributed by atoms with Gasteiger partial charge in [0.15, 0.2) is 0 Å². The van der Waals surface area contributed by atoms with Gasteiger partial charge >= 0.3 is 0 Å². The van der Waals surface area contributed by atoms with Crippen molar-refractivity contribution in [3.63, 3.8) is 0 Å². The number of carbonyl (C=O) groups is 2. The fourth-order valence-corrected chi connectivity index (χ4v) is 6.35. The van der Waals surface area contributed by atoms with E-state index in [2.05, 4.69) is 0 Å². The van der Waals surface area contributed by atoms with Gasteiger partial charge in [-0.2, -0.15) is 0 Å². The standard InChI is InChI=1S/C42H44N2O4.Co/c1-25-19-27(3)35(28(4)20-25)41(47)37(31(7)23-45)43-39(33-15-11-9-12-16-33)40(34-17-13-10-14-18-34)44-38(32(8)24-46)42(48)36-29(5)21-26(2)22-30(36)6;/h9-24,39-40,45-46H,1-8H3;/b31-23+,32-24+,43-37?,44-38?;/t39-,40-;/m1./s1. The molecular weight excluding hydrogens is 655 g/mol. The predicted octanol–water partition coefficient (Wildman–Crippen LogP) is 9.89. The van der Waals surface area contributed by atoms with Gasteiger partial charge in [0.25, 0.3) is 0 Å². The van der Waals surface area contributed by atoms with Crippen molar-refractivity contribution >= 4 is 23.0 Å². The smallest absolute Gasteiger partial charge is 0.211 e. The van der Waals surface area contributed by atoms with E-state index in [1.807, 2.05) is 126 Å². The van der Waals surface area contributed by atoms with E-state index in [4.69, 9.17) is 9.98 Å². The number of aryl methyl sites for hydroxylation is 6. The van der Waals surface area contributed by atoms with Crippen molar-refractivity contribution in [2.24, 2.45) is 9.98 Å². The van der Waals surface area contributed by atoms with Crippen LogP contribution in [0.1, 0.15) is 91.2 Å². The van der Waals surface area contributed by atoms with Crippen LogP contribution in [-0.2, 0) is 16.8 Å². The second kappa shape index (κ2) is 17.0. The number of aliphatic hydroxyl groups is 2. The van der Waals surface area contributed by atoms with Crippen molar-refractivity contribution in [3.05, 3.63) is 164 Å². The molecule has 0 amide bonds. The first kappa shape index (κ1) is 38.6. The number of Topliss-reactive ketones (excluding diaryl/α,β-unsaturated/α-hetero) is 2. The Labute approximate surface area is 300 Å². The molecule has 0 aliphatic rings. The number of aliphatic imine (C=N–C) groups is 2. The summed E-state index contributed by atoms with van der Waals surface area (Å²) in [5.74, 6) is -0.642. The quantitative estimate of drug-likeness (QED) is 0.0925. The molecule has 49 heavy (non-hydrogen) atoms. The number of hydrogen-bond acceptors (Lipinski definition) is 6. The minimum Gasteiger partial charge on any atom is -0.515 e. The molecule has 0 aliphatic heterocycles. The van der Waals surface area contributed by atoms with Gasteiger partial charge < -0.3 is 10.2 Å². The Morgan fingerprint density at radius 2 is 0.837 bits per heavy atom. The van der Waals surface area contributed by atoms with E-state index in [1.54, 1.807) is 13.8 Å². The Balaban J connectivity index is 0.00000650. The maximum absolute atomic E-state index is 14.4. The third-order valence-electron chi connectivity index (χ3n) is 8.49. The third-order valence-corrected chi connectivity index (χ3v) is 8.49. The van der Waals surface area contributed by atoms with E-state index >= 15 is 0 Å². The molecular formula is C42H44CoN2O4. The number of carbonyl (C=O) groups excluding carboxylic acids is 2. The van der Waals surface area contributed by atoms with Gasteiger partial charge in [-0.15, -0.1) is 0 Å². The summed E-state index contributed by atoms with van der Waals surface area (Å²) in [6.45, 7) is 14.8. The van der Waals surface area contributed by atoms with E-state index in [1.165, 1.54) is 0 Å². The van der Waals surface area contributed by atoms with Gasteiger partial charge in [0.2, 0.25) is 11.6 Å². The van der Waals surface area contributed by atoms with Crippen molar-refractivity contribution in [2.75, 3.05) is 0 Å². The molecule has 2 N–H and O–H groups in total. The van der Waals surface area contributed by atoms with Crippen molar-refractivity contribution in [1.29, 1.82) is 0 Å². The Kier molecular flexibility index (Phi) is 13.4. The van der Waals surface area contributed by atoms with Crippen LogP contribution < -0.4 is 0 Å². The zero-order valence-corrected chi connectivity index (χ0v) is 30.4. The van der Waals surface area contributed by atoms with Gasteiger partial charge in [0, 0.05) is 39.1 Å². The molecule has 0 saturated heterocycles. The van der Waals surface area contributed by atoms with Crippen LogP contribution >= 0.6 is 0 Å². The summed E-state index contributed by atoms with van der Waals surface area (Å²) in [5, 5.41) is 20.5. The zero-order valence-electron chi connectivity index (χ0n) is 29.3. The Bertz CT molecular complexity index is 1770. The Morgan fingerprint density at radius 3 is 1.10 bits per heavy atom. The van der Waals surface area contributed by atoms with Crippen LogP contribution in [0.25, 0.3) is 0 Å². The van der Waals surface area contributed by atoms with E-state index in [9.17, 15) is 19.8 Å². The van der Waals surface area contributed by atoms with Gasteiger partial charge in [0.1, 0.15) is 23.5 Å². The number of benzene rings is 4. The van der Waals surface area contributed by atoms with Crippen LogP contribution in [0.15, 0.2) is 119 Å². The second-order valence-corrected chi connectivity index (χ2v) is 12.5. The van der Waals surface area contributed by atoms with Crippen molar-refractivity contribution in [3.8, 4) is 0 Å². The molecule has 0 aromatic heterocycles. The number of ketones is 2. The summed E-state index contributed by atoms with van der Waals surface area (Å²) >= 11 is 0. The molecule has 6 nitrogen and oxygen atoms in total. The van der Waals surface area contributed by atoms with E-state index < -0.39 is 12.1 Å². The number of rotatable bonds is 11. The largest absolute Gasteiger partial charge is 0.515 e. The van der Waals surface area contributed by atoms with E-state index in [0.29, 0.717) is 22.3 Å². The maximum Gasteiger partial charge on any atom is 0.211 e. The van der Waals surface area contributed by atoms with Gasteiger partial charge in [0.05, 0.1) is 12.5 Å². The minimum absolute atomic E-state index is 0. The van der Waals surface area contributed by atoms with Gasteiger partial charge in [-0.25, -0.2) is 0 Å². The molecule has 0 bridgehead atoms. The molecule has 4 rings (SSSR count). The number of nitrogens with zero attached hydrogens (tertiary/aromatic N) is 2. The molecule has 7 heteroatoms. The average molecular weight is 700 g/mol. The molecule has 0 saturated carbocycles. The van der Waals surface area contributed by atoms with Crippen molar-refractivity contribution in [2.45, 2.75) is 67.5 Å². The molecule has 0 aliphatic carbocycles. The maximum atomic E-state index is 14.4. The fourth-order valence-electron chi connectivity index (χ4n) is 6.35. The predicted molar refractivity (Wildman–Crippen MR) is 196 cm³/mol. The topological polar surface area (TPSA) is 99.3 Å². The molecule has 0 spiro atoms. The Hall–Kier alpha value is -4.85. The average Bonchev–Trinajstić information content (AvgIpc) is 3.05. The molecule has 1 radical (unpaired) electrons. The third kappa shape index (κ3) is 8.79. The Morgan fingerprint density at radius 1 is 0.551 bits per heavy atom. The summed E-state index contributed by atoms with van der Waals surface area (Å²) in [5.41, 5.74) is 8.64. The minimum atomic E-state index is -0.803. The van der Waals surface area contributed by atoms with Crippen molar-refractivity contribution < 1.29 is 36.6 Å². The fraction of sp³-hybridized carbons (Fsp3) is 0.238. The molecule has 0 unspecified atom stereocenters. The number of aliphatic hydroxyl groups excluding tert-OH is 2. The SMILES string of the molecule is C/C(=C\O)C(=N[C@H](c1ccccc1)[C@H](N=C(C(=O)c1c(C)cc(C)cc1C)/C(C)=C/O)c1ccccc1)C(=O)c1c(C)cc(C)cc1C.[Co]. The first-order valence-electron chi connectivity index (χ1n) is 16.0. The van der Waals surface area contributed by atoms with Gasteiger partial charge in [-0.05, 0) is 88.8 Å². The van der Waals surface area contributed by atoms with Crippen LogP contribution in [0, 0.1) is 41.5 Å². The molecule has 0 heterocycles. The van der Waals surface area contributed by atoms with Crippen LogP contribution in [-0.4, -0.2) is 33.2 Å². The molecule has 0 fully saturated rings. The first-order valence-corrected chi connectivity index (χ1v) is 16.0. The number of hydrogen-bond donors (Lipinski definition) is 2. The summed E-state index contributed by atoms with van der Waals surface area (Å²) in [4.78, 5) is 39.0. The normalized spacial score (nSPS) is 13.8. The van der Waals surface area contributed by atoms with Crippen LogP contribution in [0.2, 0.25) is 0 Å². The zero-order chi connectivity index (χ0) is 35.1. The summed E-state index contributed by atoms with van der Waals surface area (Å²) in [6.07, 6.45) is 1.80. The molecule has 4 aromatic rings. The van der Waals surface area contributed by atoms with Crippen molar-refractivity contribution in [1.82, 2.24) is 0 Å². The summed E-state index contributed by atoms with van der Waals surface area (Å²) < 4.78 is 0. The molecule has 4 aromatic carbocycles. The van der Waals surface area contributed by atoms with E-state index in [0.717, 1.165) is 57.0 Å². The van der Waals surface area contributed by atoms with E-state index in [-0.39, 0.29) is 39.8 Å². The number of allylic oxidation sites excluding steroid dienone is 2.